The van der Waals surface area contributed by atoms with Crippen LogP contribution < -0.4 is 15.4 Å². The number of benzene rings is 1. The molecule has 4 rings (SSSR count). The van der Waals surface area contributed by atoms with E-state index in [1.807, 2.05) is 10.9 Å². The number of hydrogen-bond donors (Lipinski definition) is 2. The van der Waals surface area contributed by atoms with Crippen LogP contribution >= 0.6 is 0 Å². The third-order valence-corrected chi connectivity index (χ3v) is 6.04. The normalized spacial score (nSPS) is 16.3. The van der Waals surface area contributed by atoms with E-state index in [0.717, 1.165) is 30.8 Å². The van der Waals surface area contributed by atoms with Crippen LogP contribution in [0.4, 0.5) is 16.0 Å². The van der Waals surface area contributed by atoms with Gasteiger partial charge in [0.05, 0.1) is 25.0 Å². The summed E-state index contributed by atoms with van der Waals surface area (Å²) in [5, 5.41) is 10.2. The molecule has 1 fully saturated rings. The number of piperidine rings is 1. The van der Waals surface area contributed by atoms with Crippen LogP contribution in [0.2, 0.25) is 0 Å². The fourth-order valence-corrected chi connectivity index (χ4v) is 4.18. The van der Waals surface area contributed by atoms with E-state index in [4.69, 9.17) is 4.74 Å². The van der Waals surface area contributed by atoms with Gasteiger partial charge in [-0.25, -0.2) is 14.4 Å². The molecular formula is C24H30FN7O2. The fourth-order valence-electron chi connectivity index (χ4n) is 4.18. The molecule has 2 N–H and O–H groups in total. The number of likely N-dealkylation sites (N-methyl/N-ethyl adjacent to an activating group) is 1. The van der Waals surface area contributed by atoms with Crippen LogP contribution in [0, 0.1) is 5.82 Å². The van der Waals surface area contributed by atoms with Crippen molar-refractivity contribution >= 4 is 17.5 Å². The highest BCUT2D eigenvalue weighted by molar-refractivity contribution is 5.94. The van der Waals surface area contributed by atoms with E-state index >= 15 is 0 Å². The van der Waals surface area contributed by atoms with Crippen molar-refractivity contribution in [2.45, 2.75) is 31.7 Å². The van der Waals surface area contributed by atoms with Crippen LogP contribution in [0.3, 0.4) is 0 Å². The first kappa shape index (κ1) is 23.6. The Morgan fingerprint density at radius 1 is 1.24 bits per heavy atom. The van der Waals surface area contributed by atoms with E-state index in [9.17, 15) is 9.18 Å². The summed E-state index contributed by atoms with van der Waals surface area (Å²) in [4.78, 5) is 23.1. The topological polar surface area (TPSA) is 97.2 Å². The minimum absolute atomic E-state index is 0.0484. The highest BCUT2D eigenvalue weighted by Crippen LogP contribution is 2.25. The highest BCUT2D eigenvalue weighted by atomic mass is 19.1. The lowest BCUT2D eigenvalue weighted by atomic mass is 10.0. The molecule has 2 aromatic heterocycles. The highest BCUT2D eigenvalue weighted by Gasteiger charge is 2.19. The summed E-state index contributed by atoms with van der Waals surface area (Å²) >= 11 is 0. The molecule has 0 saturated carbocycles. The van der Waals surface area contributed by atoms with Gasteiger partial charge in [0, 0.05) is 37.7 Å². The van der Waals surface area contributed by atoms with Crippen LogP contribution in [0.1, 0.15) is 40.4 Å². The minimum Gasteiger partial charge on any atom is -0.494 e. The van der Waals surface area contributed by atoms with Gasteiger partial charge in [-0.15, -0.1) is 0 Å². The Kier molecular flexibility index (Phi) is 7.36. The molecular weight excluding hydrogens is 437 g/mol. The first-order chi connectivity index (χ1) is 16.5. The number of hydrogen-bond acceptors (Lipinski definition) is 7. The number of methoxy groups -OCH3 is 1. The molecule has 0 unspecified atom stereocenters. The Bertz CT molecular complexity index is 1130. The van der Waals surface area contributed by atoms with Crippen molar-refractivity contribution < 1.29 is 13.9 Å². The van der Waals surface area contributed by atoms with Crippen molar-refractivity contribution in [1.29, 1.82) is 0 Å². The van der Waals surface area contributed by atoms with Crippen LogP contribution in [0.15, 0.2) is 36.9 Å². The summed E-state index contributed by atoms with van der Waals surface area (Å²) in [6, 6.07) is 3.32. The maximum absolute atomic E-state index is 14.7. The van der Waals surface area contributed by atoms with E-state index in [1.54, 1.807) is 24.7 Å². The van der Waals surface area contributed by atoms with Gasteiger partial charge in [-0.05, 0) is 62.5 Å². The number of aromatic nitrogens is 4. The lowest BCUT2D eigenvalue weighted by Gasteiger charge is -2.29. The van der Waals surface area contributed by atoms with Crippen molar-refractivity contribution in [3.8, 4) is 5.75 Å². The number of nitrogens with zero attached hydrogens (tertiary/aromatic N) is 5. The molecule has 3 heterocycles. The summed E-state index contributed by atoms with van der Waals surface area (Å²) in [6.07, 6.45) is 10.4. The Hall–Kier alpha value is -3.53. The van der Waals surface area contributed by atoms with Gasteiger partial charge in [-0.1, -0.05) is 0 Å². The Morgan fingerprint density at radius 3 is 2.74 bits per heavy atom. The maximum atomic E-state index is 14.7. The van der Waals surface area contributed by atoms with Gasteiger partial charge < -0.3 is 20.3 Å². The van der Waals surface area contributed by atoms with Gasteiger partial charge in [0.2, 0.25) is 5.95 Å². The number of rotatable bonds is 8. The smallest absolute Gasteiger partial charge is 0.251 e. The second kappa shape index (κ2) is 10.6. The number of ether oxygens (including phenoxy) is 1. The summed E-state index contributed by atoms with van der Waals surface area (Å²) in [6.45, 7) is 2.12. The van der Waals surface area contributed by atoms with Crippen LogP contribution in [0.25, 0.3) is 0 Å². The molecule has 0 bridgehead atoms. The number of aryl methyl sites for hydroxylation is 2. The summed E-state index contributed by atoms with van der Waals surface area (Å²) in [7, 11) is 5.05. The van der Waals surface area contributed by atoms with Crippen LogP contribution in [-0.2, 0) is 12.8 Å². The van der Waals surface area contributed by atoms with E-state index < -0.39 is 5.82 Å². The van der Waals surface area contributed by atoms with Crippen LogP contribution in [-0.4, -0.2) is 64.9 Å². The molecule has 180 valence electrons. The molecule has 1 aliphatic rings. The standard InChI is InChI=1S/C24H30FN7O2/c1-26-23(33)18-9-17(22(25)21(10-18)34-3)7-6-16-11-27-24(28-12-16)30-19-13-29-32(14-19)20-5-4-8-31(2)15-20/h9-14,20H,4-8,15H2,1-3H3,(H,26,33)(H,27,28,30)/t20-/m1/s1. The lowest BCUT2D eigenvalue weighted by Crippen LogP contribution is -2.33. The largest absolute Gasteiger partial charge is 0.494 e. The maximum Gasteiger partial charge on any atom is 0.251 e. The number of anilines is 2. The van der Waals surface area contributed by atoms with Gasteiger partial charge in [-0.2, -0.15) is 5.10 Å². The van der Waals surface area contributed by atoms with Crippen molar-refractivity contribution in [1.82, 2.24) is 30.0 Å². The molecule has 3 aromatic rings. The minimum atomic E-state index is -0.462. The number of nitrogens with one attached hydrogen (secondary N) is 2. The average molecular weight is 468 g/mol. The van der Waals surface area contributed by atoms with E-state index in [1.165, 1.54) is 26.6 Å². The van der Waals surface area contributed by atoms with Crippen molar-refractivity contribution in [2.24, 2.45) is 0 Å². The predicted molar refractivity (Wildman–Crippen MR) is 127 cm³/mol. The van der Waals surface area contributed by atoms with Gasteiger partial charge in [0.25, 0.3) is 5.91 Å². The summed E-state index contributed by atoms with van der Waals surface area (Å²) in [5.74, 6) is -0.237. The summed E-state index contributed by atoms with van der Waals surface area (Å²) < 4.78 is 21.8. The lowest BCUT2D eigenvalue weighted by molar-refractivity contribution is 0.0962. The van der Waals surface area contributed by atoms with Gasteiger partial charge in [0.1, 0.15) is 0 Å². The second-order valence-corrected chi connectivity index (χ2v) is 8.54. The first-order valence-electron chi connectivity index (χ1n) is 11.4. The molecule has 1 aliphatic heterocycles. The van der Waals surface area contributed by atoms with Crippen molar-refractivity contribution in [3.63, 3.8) is 0 Å². The zero-order valence-electron chi connectivity index (χ0n) is 19.7. The zero-order valence-corrected chi connectivity index (χ0v) is 19.7. The molecule has 1 atom stereocenters. The quantitative estimate of drug-likeness (QED) is 0.526. The van der Waals surface area contributed by atoms with Crippen molar-refractivity contribution in [3.05, 3.63) is 59.4 Å². The molecule has 1 aromatic carbocycles. The number of carbonyl (C=O) groups excluding carboxylic acids is 1. The number of halogens is 1. The van der Waals surface area contributed by atoms with E-state index in [0.29, 0.717) is 36.0 Å². The third kappa shape index (κ3) is 5.51. The SMILES string of the molecule is CNC(=O)c1cc(CCc2cnc(Nc3cnn([C@@H]4CCCN(C)C4)c3)nc2)c(F)c(OC)c1. The Balaban J connectivity index is 1.38. The first-order valence-corrected chi connectivity index (χ1v) is 11.4. The van der Waals surface area contributed by atoms with Crippen LogP contribution in [0.5, 0.6) is 5.75 Å². The Morgan fingerprint density at radius 2 is 2.03 bits per heavy atom. The molecule has 0 spiro atoms. The monoisotopic (exact) mass is 467 g/mol. The number of carbonyl (C=O) groups is 1. The van der Waals surface area contributed by atoms with E-state index in [2.05, 4.69) is 37.6 Å². The molecule has 0 aliphatic carbocycles. The second-order valence-electron chi connectivity index (χ2n) is 8.54. The molecule has 10 heteroatoms. The molecule has 0 radical (unpaired) electrons. The third-order valence-electron chi connectivity index (χ3n) is 6.04. The number of amides is 1. The van der Waals surface area contributed by atoms with Gasteiger partial charge in [0.15, 0.2) is 11.6 Å². The van der Waals surface area contributed by atoms with E-state index in [-0.39, 0.29) is 11.7 Å². The van der Waals surface area contributed by atoms with Crippen molar-refractivity contribution in [2.75, 3.05) is 39.6 Å². The van der Waals surface area contributed by atoms with Gasteiger partial charge in [-0.3, -0.25) is 9.48 Å². The average Bonchev–Trinajstić information content (AvgIpc) is 3.32. The fraction of sp³-hybridized carbons (Fsp3) is 0.417. The number of likely N-dealkylation sites (tertiary alicyclic amines) is 1. The Labute approximate surface area is 198 Å². The predicted octanol–water partition coefficient (Wildman–Crippen LogP) is 2.98. The zero-order chi connectivity index (χ0) is 24.1. The molecule has 1 saturated heterocycles. The summed E-state index contributed by atoms with van der Waals surface area (Å²) in [5.41, 5.74) is 2.45. The van der Waals surface area contributed by atoms with Gasteiger partial charge >= 0.3 is 0 Å². The molecule has 34 heavy (non-hydrogen) atoms. The molecule has 9 nitrogen and oxygen atoms in total. The molecule has 1 amide bonds.